The van der Waals surface area contributed by atoms with Gasteiger partial charge in [-0.25, -0.2) is 0 Å². The molecule has 1 amide bonds. The van der Waals surface area contributed by atoms with Crippen molar-refractivity contribution >= 4 is 28.9 Å². The number of nitrogens with two attached hydrogens (primary N) is 1. The molecule has 1 rings (SSSR count). The van der Waals surface area contributed by atoms with Crippen LogP contribution in [0, 0.1) is 5.92 Å². The van der Waals surface area contributed by atoms with Gasteiger partial charge in [-0.1, -0.05) is 31.9 Å². The average Bonchev–Trinajstić information content (AvgIpc) is 2.36. The van der Waals surface area contributed by atoms with Gasteiger partial charge in [0.15, 0.2) is 0 Å². The fraction of sp³-hybridized carbons (Fsp3) is 0.500. The van der Waals surface area contributed by atoms with E-state index in [1.165, 1.54) is 0 Å². The Labute approximate surface area is 119 Å². The number of anilines is 2. The number of nitrogens with one attached hydrogen (secondary N) is 1. The summed E-state index contributed by atoms with van der Waals surface area (Å²) in [5.41, 5.74) is 7.50. The third-order valence-corrected chi connectivity index (χ3v) is 3.49. The van der Waals surface area contributed by atoms with E-state index < -0.39 is 6.04 Å². The van der Waals surface area contributed by atoms with Crippen LogP contribution in [0.3, 0.4) is 0 Å². The molecule has 19 heavy (non-hydrogen) atoms. The van der Waals surface area contributed by atoms with Gasteiger partial charge in [0.2, 0.25) is 5.91 Å². The highest BCUT2D eigenvalue weighted by Crippen LogP contribution is 2.28. The Kier molecular flexibility index (Phi) is 5.63. The second-order valence-corrected chi connectivity index (χ2v) is 5.39. The van der Waals surface area contributed by atoms with Crippen molar-refractivity contribution in [3.05, 3.63) is 23.2 Å². The summed E-state index contributed by atoms with van der Waals surface area (Å²) in [6.07, 6.45) is 0.866. The summed E-state index contributed by atoms with van der Waals surface area (Å²) >= 11 is 5.97. The maximum Gasteiger partial charge on any atom is 0.241 e. The number of nitrogens with zero attached hydrogens (tertiary/aromatic N) is 1. The molecule has 0 saturated heterocycles. The van der Waals surface area contributed by atoms with Gasteiger partial charge < -0.3 is 16.0 Å². The fourth-order valence-electron chi connectivity index (χ4n) is 1.73. The van der Waals surface area contributed by atoms with E-state index in [1.807, 2.05) is 38.9 Å². The molecule has 0 aliphatic heterocycles. The van der Waals surface area contributed by atoms with Crippen LogP contribution in [0.1, 0.15) is 20.3 Å². The highest BCUT2D eigenvalue weighted by atomic mass is 35.5. The molecule has 4 nitrogen and oxygen atoms in total. The highest BCUT2D eigenvalue weighted by molar-refractivity contribution is 6.31. The quantitative estimate of drug-likeness (QED) is 0.873. The Morgan fingerprint density at radius 3 is 2.63 bits per heavy atom. The molecule has 1 aromatic rings. The number of hydrogen-bond donors (Lipinski definition) is 2. The van der Waals surface area contributed by atoms with Crippen molar-refractivity contribution < 1.29 is 4.79 Å². The molecule has 0 radical (unpaired) electrons. The minimum Gasteiger partial charge on any atom is -0.376 e. The van der Waals surface area contributed by atoms with Gasteiger partial charge in [0.25, 0.3) is 0 Å². The van der Waals surface area contributed by atoms with Crippen molar-refractivity contribution in [2.75, 3.05) is 24.3 Å². The Hall–Kier alpha value is -1.26. The van der Waals surface area contributed by atoms with Crippen LogP contribution < -0.4 is 16.0 Å². The molecular weight excluding hydrogens is 262 g/mol. The maximum atomic E-state index is 12.1. The lowest BCUT2D eigenvalue weighted by Crippen LogP contribution is -2.40. The summed E-state index contributed by atoms with van der Waals surface area (Å²) in [4.78, 5) is 14.0. The van der Waals surface area contributed by atoms with Crippen LogP contribution in [0.15, 0.2) is 18.2 Å². The van der Waals surface area contributed by atoms with E-state index in [9.17, 15) is 4.79 Å². The maximum absolute atomic E-state index is 12.1. The van der Waals surface area contributed by atoms with E-state index in [2.05, 4.69) is 5.32 Å². The van der Waals surface area contributed by atoms with Gasteiger partial charge in [0.05, 0.1) is 17.4 Å². The lowest BCUT2D eigenvalue weighted by atomic mass is 9.99. The normalized spacial score (nSPS) is 13.8. The summed E-state index contributed by atoms with van der Waals surface area (Å²) in [6, 6.07) is 4.88. The van der Waals surface area contributed by atoms with E-state index >= 15 is 0 Å². The summed E-state index contributed by atoms with van der Waals surface area (Å²) in [6.45, 7) is 3.98. The summed E-state index contributed by atoms with van der Waals surface area (Å²) in [5, 5.41) is 3.44. The van der Waals surface area contributed by atoms with Crippen LogP contribution in [0.5, 0.6) is 0 Å². The molecule has 0 aliphatic carbocycles. The van der Waals surface area contributed by atoms with Crippen molar-refractivity contribution in [3.63, 3.8) is 0 Å². The highest BCUT2D eigenvalue weighted by Gasteiger charge is 2.20. The molecule has 2 unspecified atom stereocenters. The zero-order valence-electron chi connectivity index (χ0n) is 11.9. The van der Waals surface area contributed by atoms with E-state index in [0.717, 1.165) is 12.1 Å². The second kappa shape index (κ2) is 6.78. The van der Waals surface area contributed by atoms with E-state index in [1.54, 1.807) is 12.1 Å². The van der Waals surface area contributed by atoms with Crippen molar-refractivity contribution in [3.8, 4) is 0 Å². The van der Waals surface area contributed by atoms with E-state index in [4.69, 9.17) is 17.3 Å². The molecule has 0 spiro atoms. The Balaban J connectivity index is 2.92. The smallest absolute Gasteiger partial charge is 0.241 e. The average molecular weight is 284 g/mol. The topological polar surface area (TPSA) is 58.4 Å². The lowest BCUT2D eigenvalue weighted by molar-refractivity contribution is -0.118. The molecule has 0 aromatic heterocycles. The van der Waals surface area contributed by atoms with Crippen molar-refractivity contribution in [1.29, 1.82) is 0 Å². The molecule has 106 valence electrons. The Morgan fingerprint density at radius 1 is 1.47 bits per heavy atom. The SMILES string of the molecule is CCC(C)C(N)C(=O)Nc1cc(Cl)ccc1N(C)C. The molecular formula is C14H22ClN3O. The van der Waals surface area contributed by atoms with Crippen LogP contribution in [0.25, 0.3) is 0 Å². The minimum absolute atomic E-state index is 0.141. The number of amides is 1. The lowest BCUT2D eigenvalue weighted by Gasteiger charge is -2.21. The first-order valence-electron chi connectivity index (χ1n) is 6.40. The first kappa shape index (κ1) is 15.8. The third-order valence-electron chi connectivity index (χ3n) is 3.26. The van der Waals surface area contributed by atoms with Crippen LogP contribution in [-0.2, 0) is 4.79 Å². The molecule has 1 aromatic carbocycles. The number of benzene rings is 1. The Bertz CT molecular complexity index is 448. The van der Waals surface area contributed by atoms with Gasteiger partial charge in [0, 0.05) is 19.1 Å². The molecule has 0 bridgehead atoms. The number of hydrogen-bond acceptors (Lipinski definition) is 3. The molecule has 0 fully saturated rings. The van der Waals surface area contributed by atoms with Crippen molar-refractivity contribution in [2.24, 2.45) is 11.7 Å². The summed E-state index contributed by atoms with van der Waals surface area (Å²) in [7, 11) is 3.82. The Morgan fingerprint density at radius 2 is 2.11 bits per heavy atom. The molecule has 0 heterocycles. The number of carbonyl (C=O) groups is 1. The monoisotopic (exact) mass is 283 g/mol. The standard InChI is InChI=1S/C14H22ClN3O/c1-5-9(2)13(16)14(19)17-11-8-10(15)6-7-12(11)18(3)4/h6-9,13H,5,16H2,1-4H3,(H,17,19). The van der Waals surface area contributed by atoms with Gasteiger partial charge in [-0.15, -0.1) is 0 Å². The molecule has 0 saturated carbocycles. The summed E-state index contributed by atoms with van der Waals surface area (Å²) in [5.74, 6) is -0.0401. The van der Waals surface area contributed by atoms with Crippen LogP contribution >= 0.6 is 11.6 Å². The van der Waals surface area contributed by atoms with Gasteiger partial charge in [-0.2, -0.15) is 0 Å². The predicted molar refractivity (Wildman–Crippen MR) is 81.8 cm³/mol. The first-order valence-corrected chi connectivity index (χ1v) is 6.78. The molecule has 0 aliphatic rings. The molecule has 2 atom stereocenters. The number of halogens is 1. The largest absolute Gasteiger partial charge is 0.376 e. The van der Waals surface area contributed by atoms with E-state index in [-0.39, 0.29) is 11.8 Å². The third kappa shape index (κ3) is 4.11. The zero-order chi connectivity index (χ0) is 14.6. The van der Waals surface area contributed by atoms with Crippen molar-refractivity contribution in [1.82, 2.24) is 0 Å². The first-order chi connectivity index (χ1) is 8.86. The molecule has 3 N–H and O–H groups in total. The summed E-state index contributed by atoms with van der Waals surface area (Å²) < 4.78 is 0. The molecule has 5 heteroatoms. The zero-order valence-corrected chi connectivity index (χ0v) is 12.7. The van der Waals surface area contributed by atoms with Crippen LogP contribution in [0.4, 0.5) is 11.4 Å². The van der Waals surface area contributed by atoms with Gasteiger partial charge >= 0.3 is 0 Å². The fourth-order valence-corrected chi connectivity index (χ4v) is 1.90. The van der Waals surface area contributed by atoms with Gasteiger partial charge in [0.1, 0.15) is 0 Å². The predicted octanol–water partition coefficient (Wildman–Crippen LogP) is 2.72. The van der Waals surface area contributed by atoms with Gasteiger partial charge in [-0.3, -0.25) is 4.79 Å². The number of rotatable bonds is 5. The van der Waals surface area contributed by atoms with Crippen LogP contribution in [0.2, 0.25) is 5.02 Å². The number of carbonyl (C=O) groups excluding carboxylic acids is 1. The second-order valence-electron chi connectivity index (χ2n) is 4.96. The van der Waals surface area contributed by atoms with Gasteiger partial charge in [-0.05, 0) is 24.1 Å². The van der Waals surface area contributed by atoms with E-state index in [0.29, 0.717) is 10.7 Å². The van der Waals surface area contributed by atoms with Crippen molar-refractivity contribution in [2.45, 2.75) is 26.3 Å². The van der Waals surface area contributed by atoms with Crippen LogP contribution in [-0.4, -0.2) is 26.0 Å². The minimum atomic E-state index is -0.515.